The van der Waals surface area contributed by atoms with E-state index in [-0.39, 0.29) is 61.5 Å². The van der Waals surface area contributed by atoms with Crippen LogP contribution in [0.2, 0.25) is 0 Å². The van der Waals surface area contributed by atoms with Crippen molar-refractivity contribution < 1.29 is 68.9 Å². The number of pyridine rings is 2. The molecule has 0 saturated heterocycles. The number of carboxylic acid groups (broad SMARTS) is 1. The van der Waals surface area contributed by atoms with Crippen LogP contribution in [-0.4, -0.2) is 102 Å². The highest BCUT2D eigenvalue weighted by molar-refractivity contribution is 5.83. The van der Waals surface area contributed by atoms with Gasteiger partial charge in [-0.05, 0) is 213 Å². The van der Waals surface area contributed by atoms with E-state index in [0.29, 0.717) is 40.9 Å². The molecule has 4 atom stereocenters. The monoisotopic (exact) mass is 1340 g/mol. The van der Waals surface area contributed by atoms with Gasteiger partial charge in [0.2, 0.25) is 5.91 Å². The number of hydrogen-bond acceptors (Lipinski definition) is 11. The number of nitrogens with two attached hydrogens (primary N) is 1. The second-order valence-electron chi connectivity index (χ2n) is 25.4. The molecule has 0 bridgehead atoms. The Labute approximate surface area is 551 Å². The standard InChI is InChI=1S/C36H45F4N3O4.C21H26FNO2.C15H21F3N2O3/c1-10-47-31(45)18-29(27-16-26(15-24(7)33(27)37)32-22(5)13-21(4)14-23(32)6)41-35(46)34(20(2)3)43-19-25(11-12-42(8)9)28(17-30(43)44)36(38,39)40;1-6-25-19(24)11-18(23)17-10-16(9-15(5)21(17)22)20-13(3)7-12(2)8-14(20)4;1-9(2)13(14(22)23)20-8-10(5-6-19(3)4)11(7-12(20)21)15(16,17)18/h13-17,19-20,29,34H,10-12,18H2,1-9H3,(H,41,46);7-10,18H,6,11,23H2,1-5H3;7-9,13H,5-6H2,1-4H3,(H,22,23)/t29-,34?;18-;/m00./s1. The lowest BCUT2D eigenvalue weighted by molar-refractivity contribution is -0.145. The number of benzene rings is 4. The van der Waals surface area contributed by atoms with Crippen molar-refractivity contribution in [3.8, 4) is 22.3 Å². The molecule has 520 valence electrons. The first kappa shape index (κ1) is 79.4. The number of nitrogens with one attached hydrogen (secondary N) is 1. The van der Waals surface area contributed by atoms with Crippen molar-refractivity contribution >= 4 is 23.8 Å². The number of aryl methyl sites for hydroxylation is 8. The molecule has 2 unspecified atom stereocenters. The fourth-order valence-corrected chi connectivity index (χ4v) is 11.8. The summed E-state index contributed by atoms with van der Waals surface area (Å²) >= 11 is 0. The lowest BCUT2D eigenvalue weighted by Crippen LogP contribution is -2.42. The quantitative estimate of drug-likeness (QED) is 0.0406. The highest BCUT2D eigenvalue weighted by Gasteiger charge is 2.38. The molecule has 0 spiro atoms. The minimum Gasteiger partial charge on any atom is -0.480 e. The van der Waals surface area contributed by atoms with Gasteiger partial charge in [-0.3, -0.25) is 24.0 Å². The molecule has 1 amide bonds. The summed E-state index contributed by atoms with van der Waals surface area (Å²) in [7, 11) is 6.87. The largest absolute Gasteiger partial charge is 0.480 e. The molecule has 6 rings (SSSR count). The predicted molar refractivity (Wildman–Crippen MR) is 353 cm³/mol. The number of carbonyl (C=O) groups excluding carboxylic acids is 3. The molecule has 2 heterocycles. The summed E-state index contributed by atoms with van der Waals surface area (Å²) in [5.41, 5.74) is 13.1. The number of carbonyl (C=O) groups is 4. The van der Waals surface area contributed by atoms with Crippen molar-refractivity contribution in [1.29, 1.82) is 0 Å². The Morgan fingerprint density at radius 3 is 1.25 bits per heavy atom. The van der Waals surface area contributed by atoms with E-state index in [2.05, 4.69) is 24.4 Å². The van der Waals surface area contributed by atoms with Crippen LogP contribution in [0, 0.1) is 78.9 Å². The number of halogens is 8. The summed E-state index contributed by atoms with van der Waals surface area (Å²) in [4.78, 5) is 78.5. The van der Waals surface area contributed by atoms with E-state index in [1.54, 1.807) is 112 Å². The second-order valence-corrected chi connectivity index (χ2v) is 25.4. The fraction of sp³-hybridized carbons (Fsp3) is 0.472. The molecule has 0 saturated carbocycles. The second kappa shape index (κ2) is 34.1. The van der Waals surface area contributed by atoms with Crippen molar-refractivity contribution in [2.45, 2.75) is 159 Å². The van der Waals surface area contributed by atoms with E-state index in [1.807, 2.05) is 52.8 Å². The zero-order valence-corrected chi connectivity index (χ0v) is 57.7. The van der Waals surface area contributed by atoms with E-state index in [0.717, 1.165) is 66.0 Å². The van der Waals surface area contributed by atoms with Crippen molar-refractivity contribution in [2.24, 2.45) is 17.6 Å². The summed E-state index contributed by atoms with van der Waals surface area (Å²) < 4.78 is 124. The number of esters is 2. The average molecular weight is 1340 g/mol. The molecule has 2 aromatic heterocycles. The SMILES string of the molecule is CC(C)C(C(=O)O)n1cc(CCN(C)C)c(C(F)(F)F)cc1=O.CCOC(=O)C[C@H](N)c1cc(-c2c(C)cc(C)cc2C)cc(C)c1F.CCOC(=O)C[C@H](NC(=O)C(C(C)C)n1cc(CCN(C)C)c(C(F)(F)F)cc1=O)c1cc(-c2c(C)cc(C)cc2C)cc(C)c1F. The van der Waals surface area contributed by atoms with Gasteiger partial charge in [-0.25, -0.2) is 13.6 Å². The minimum absolute atomic E-state index is 0.0187. The van der Waals surface area contributed by atoms with E-state index in [1.165, 1.54) is 5.56 Å². The zero-order chi connectivity index (χ0) is 72.0. The molecule has 15 nitrogen and oxygen atoms in total. The van der Waals surface area contributed by atoms with Gasteiger partial charge in [-0.2, -0.15) is 26.3 Å². The lowest BCUT2D eigenvalue weighted by Gasteiger charge is -2.28. The third kappa shape index (κ3) is 21.5. The van der Waals surface area contributed by atoms with Gasteiger partial charge in [0.15, 0.2) is 0 Å². The predicted octanol–water partition coefficient (Wildman–Crippen LogP) is 14.0. The number of rotatable bonds is 23. The normalized spacial score (nSPS) is 13.0. The molecular formula is C72H92F8N6O9. The van der Waals surface area contributed by atoms with E-state index in [9.17, 15) is 64.6 Å². The molecular weight excluding hydrogens is 1240 g/mol. The van der Waals surface area contributed by atoms with Crippen molar-refractivity contribution in [3.05, 3.63) is 183 Å². The number of alkyl halides is 6. The first-order valence-corrected chi connectivity index (χ1v) is 31.3. The third-order valence-electron chi connectivity index (χ3n) is 15.9. The molecule has 0 fully saturated rings. The number of aromatic nitrogens is 2. The Kier molecular flexibility index (Phi) is 28.5. The molecule has 4 aromatic carbocycles. The Morgan fingerprint density at radius 2 is 0.905 bits per heavy atom. The van der Waals surface area contributed by atoms with Gasteiger partial charge in [0, 0.05) is 54.8 Å². The van der Waals surface area contributed by atoms with E-state index < -0.39 is 107 Å². The fourth-order valence-electron chi connectivity index (χ4n) is 11.8. The summed E-state index contributed by atoms with van der Waals surface area (Å²) in [6, 6.07) is 11.8. The van der Waals surface area contributed by atoms with Crippen LogP contribution in [0.5, 0.6) is 0 Å². The van der Waals surface area contributed by atoms with Crippen LogP contribution in [0.4, 0.5) is 35.1 Å². The van der Waals surface area contributed by atoms with E-state index in [4.69, 9.17) is 15.2 Å². The summed E-state index contributed by atoms with van der Waals surface area (Å²) in [6.07, 6.45) is -7.71. The maximum Gasteiger partial charge on any atom is 0.416 e. The summed E-state index contributed by atoms with van der Waals surface area (Å²) in [5.74, 6) is -5.08. The number of carboxylic acids is 1. The molecule has 0 aliphatic carbocycles. The molecule has 0 aliphatic rings. The number of ether oxygens (including phenoxy) is 2. The maximum absolute atomic E-state index is 15.9. The Balaban J connectivity index is 0.000000335. The first-order valence-electron chi connectivity index (χ1n) is 31.3. The smallest absolute Gasteiger partial charge is 0.416 e. The highest BCUT2D eigenvalue weighted by atomic mass is 19.4. The molecule has 4 N–H and O–H groups in total. The van der Waals surface area contributed by atoms with Gasteiger partial charge in [0.1, 0.15) is 23.7 Å². The molecule has 23 heteroatoms. The molecule has 95 heavy (non-hydrogen) atoms. The van der Waals surface area contributed by atoms with Crippen LogP contribution in [0.25, 0.3) is 22.3 Å². The Morgan fingerprint density at radius 1 is 0.547 bits per heavy atom. The van der Waals surface area contributed by atoms with Gasteiger partial charge < -0.3 is 44.6 Å². The van der Waals surface area contributed by atoms with Crippen LogP contribution in [0.3, 0.4) is 0 Å². The van der Waals surface area contributed by atoms with Crippen LogP contribution in [0.1, 0.15) is 156 Å². The number of nitrogens with zero attached hydrogens (tertiary/aromatic N) is 4. The molecule has 6 aromatic rings. The first-order chi connectivity index (χ1) is 44.0. The molecule has 0 aliphatic heterocycles. The van der Waals surface area contributed by atoms with Gasteiger partial charge in [-0.1, -0.05) is 63.1 Å². The Bertz CT molecular complexity index is 3790. The molecule has 0 radical (unpaired) electrons. The number of amides is 1. The highest BCUT2D eigenvalue weighted by Crippen LogP contribution is 2.38. The number of hydrogen-bond donors (Lipinski definition) is 3. The number of likely N-dealkylation sites (N-methyl/N-ethyl adjacent to an activating group) is 2. The van der Waals surface area contributed by atoms with Crippen LogP contribution in [0.15, 0.2) is 82.6 Å². The van der Waals surface area contributed by atoms with Gasteiger partial charge in [-0.15, -0.1) is 0 Å². The Hall–Kier alpha value is -8.02. The summed E-state index contributed by atoms with van der Waals surface area (Å²) in [6.45, 7) is 26.2. The number of aliphatic carboxylic acids is 1. The zero-order valence-electron chi connectivity index (χ0n) is 57.7. The van der Waals surface area contributed by atoms with Gasteiger partial charge in [0.05, 0.1) is 43.2 Å². The van der Waals surface area contributed by atoms with Crippen LogP contribution >= 0.6 is 0 Å². The summed E-state index contributed by atoms with van der Waals surface area (Å²) in [5, 5.41) is 12.0. The van der Waals surface area contributed by atoms with Gasteiger partial charge >= 0.3 is 30.3 Å². The van der Waals surface area contributed by atoms with Crippen LogP contribution in [-0.2, 0) is 53.8 Å². The van der Waals surface area contributed by atoms with Crippen LogP contribution < -0.4 is 22.2 Å². The van der Waals surface area contributed by atoms with Crippen molar-refractivity contribution in [3.63, 3.8) is 0 Å². The average Bonchev–Trinajstić information content (AvgIpc) is 0.804. The minimum atomic E-state index is -4.77. The maximum atomic E-state index is 15.9. The van der Waals surface area contributed by atoms with E-state index >= 15 is 4.39 Å². The topological polar surface area (TPSA) is 196 Å². The lowest BCUT2D eigenvalue weighted by atomic mass is 9.89. The third-order valence-corrected chi connectivity index (χ3v) is 15.9. The van der Waals surface area contributed by atoms with Gasteiger partial charge in [0.25, 0.3) is 11.1 Å². The van der Waals surface area contributed by atoms with Crippen molar-refractivity contribution in [2.75, 3.05) is 54.5 Å². The van der Waals surface area contributed by atoms with Crippen molar-refractivity contribution in [1.82, 2.24) is 24.3 Å².